The molecule has 0 bridgehead atoms. The second-order valence-corrected chi connectivity index (χ2v) is 5.73. The summed E-state index contributed by atoms with van der Waals surface area (Å²) >= 11 is 0. The van der Waals surface area contributed by atoms with Crippen LogP contribution in [0.2, 0.25) is 0 Å². The third-order valence-corrected chi connectivity index (χ3v) is 2.86. The van der Waals surface area contributed by atoms with Crippen molar-refractivity contribution in [3.8, 4) is 0 Å². The summed E-state index contributed by atoms with van der Waals surface area (Å²) in [5.41, 5.74) is 0.971. The van der Waals surface area contributed by atoms with Gasteiger partial charge in [-0.3, -0.25) is 4.98 Å². The zero-order valence-corrected chi connectivity index (χ0v) is 13.4. The Labute approximate surface area is 122 Å². The number of methoxy groups -OCH3 is 1. The van der Waals surface area contributed by atoms with E-state index in [0.717, 1.165) is 31.1 Å². The molecule has 0 aliphatic carbocycles. The Morgan fingerprint density at radius 3 is 2.45 bits per heavy atom. The Balaban J connectivity index is 2.66. The lowest BCUT2D eigenvalue weighted by Crippen LogP contribution is -2.32. The van der Waals surface area contributed by atoms with Crippen molar-refractivity contribution in [2.45, 2.75) is 40.3 Å². The lowest BCUT2D eigenvalue weighted by molar-refractivity contribution is 0.204. The van der Waals surface area contributed by atoms with Crippen LogP contribution in [-0.4, -0.2) is 42.8 Å². The van der Waals surface area contributed by atoms with E-state index in [-0.39, 0.29) is 0 Å². The van der Waals surface area contributed by atoms with Gasteiger partial charge in [-0.25, -0.2) is 4.98 Å². The highest BCUT2D eigenvalue weighted by Crippen LogP contribution is 2.11. The molecule has 1 heterocycles. The molecule has 1 aromatic heterocycles. The third kappa shape index (κ3) is 6.30. The van der Waals surface area contributed by atoms with E-state index < -0.39 is 0 Å². The summed E-state index contributed by atoms with van der Waals surface area (Å²) in [7, 11) is 1.72. The first-order valence-electron chi connectivity index (χ1n) is 7.31. The van der Waals surface area contributed by atoms with E-state index in [1.807, 2.05) is 12.4 Å². The van der Waals surface area contributed by atoms with Gasteiger partial charge in [-0.15, -0.1) is 0 Å². The van der Waals surface area contributed by atoms with Gasteiger partial charge in [0.25, 0.3) is 0 Å². The van der Waals surface area contributed by atoms with Crippen molar-refractivity contribution in [1.29, 1.82) is 0 Å². The summed E-state index contributed by atoms with van der Waals surface area (Å²) in [5, 5.41) is 3.34. The molecule has 0 spiro atoms. The maximum Gasteiger partial charge on any atom is 0.147 e. The lowest BCUT2D eigenvalue weighted by atomic mass is 10.2. The summed E-state index contributed by atoms with van der Waals surface area (Å²) in [5.74, 6) is 1.50. The van der Waals surface area contributed by atoms with Gasteiger partial charge in [0.15, 0.2) is 0 Å². The highest BCUT2D eigenvalue weighted by Gasteiger charge is 2.10. The fraction of sp³-hybridized carbons (Fsp3) is 0.733. The van der Waals surface area contributed by atoms with Crippen molar-refractivity contribution in [1.82, 2.24) is 15.3 Å². The van der Waals surface area contributed by atoms with Crippen LogP contribution in [0.15, 0.2) is 12.4 Å². The van der Waals surface area contributed by atoms with Crippen LogP contribution in [0.25, 0.3) is 0 Å². The van der Waals surface area contributed by atoms with Gasteiger partial charge >= 0.3 is 0 Å². The molecule has 0 aliphatic rings. The third-order valence-electron chi connectivity index (χ3n) is 2.86. The van der Waals surface area contributed by atoms with Crippen molar-refractivity contribution >= 4 is 5.82 Å². The summed E-state index contributed by atoms with van der Waals surface area (Å²) in [6, 6.07) is 0.454. The van der Waals surface area contributed by atoms with Crippen molar-refractivity contribution in [3.63, 3.8) is 0 Å². The van der Waals surface area contributed by atoms with E-state index in [0.29, 0.717) is 18.6 Å². The Morgan fingerprint density at radius 2 is 1.95 bits per heavy atom. The molecular formula is C15H28N4O. The van der Waals surface area contributed by atoms with Gasteiger partial charge in [-0.1, -0.05) is 27.7 Å². The molecule has 0 saturated carbocycles. The summed E-state index contributed by atoms with van der Waals surface area (Å²) in [6.07, 6.45) is 3.71. The van der Waals surface area contributed by atoms with Crippen LogP contribution in [-0.2, 0) is 11.3 Å². The minimum absolute atomic E-state index is 0.454. The van der Waals surface area contributed by atoms with Crippen LogP contribution in [0.1, 0.15) is 33.4 Å². The van der Waals surface area contributed by atoms with E-state index in [1.54, 1.807) is 7.11 Å². The highest BCUT2D eigenvalue weighted by molar-refractivity contribution is 5.35. The molecule has 0 unspecified atom stereocenters. The van der Waals surface area contributed by atoms with Crippen molar-refractivity contribution in [3.05, 3.63) is 18.1 Å². The van der Waals surface area contributed by atoms with Crippen LogP contribution in [0.3, 0.4) is 0 Å². The van der Waals surface area contributed by atoms with E-state index in [2.05, 4.69) is 47.9 Å². The Kier molecular flexibility index (Phi) is 7.47. The predicted octanol–water partition coefficient (Wildman–Crippen LogP) is 2.08. The summed E-state index contributed by atoms with van der Waals surface area (Å²) < 4.78 is 5.16. The number of nitrogens with zero attached hydrogens (tertiary/aromatic N) is 3. The molecule has 0 amide bonds. The van der Waals surface area contributed by atoms with Gasteiger partial charge in [0.05, 0.1) is 24.7 Å². The van der Waals surface area contributed by atoms with Crippen LogP contribution in [0.5, 0.6) is 0 Å². The van der Waals surface area contributed by atoms with Crippen LogP contribution in [0.4, 0.5) is 5.82 Å². The molecule has 5 heteroatoms. The monoisotopic (exact) mass is 280 g/mol. The van der Waals surface area contributed by atoms with Crippen molar-refractivity contribution < 1.29 is 4.74 Å². The minimum Gasteiger partial charge on any atom is -0.383 e. The van der Waals surface area contributed by atoms with E-state index >= 15 is 0 Å². The molecule has 0 fully saturated rings. The van der Waals surface area contributed by atoms with Crippen LogP contribution in [0, 0.1) is 5.92 Å². The fourth-order valence-electron chi connectivity index (χ4n) is 1.85. The molecule has 1 aromatic rings. The van der Waals surface area contributed by atoms with Crippen LogP contribution < -0.4 is 10.2 Å². The molecule has 0 aromatic carbocycles. The molecule has 1 N–H and O–H groups in total. The van der Waals surface area contributed by atoms with Gasteiger partial charge in [0.2, 0.25) is 0 Å². The molecule has 1 rings (SSSR count). The van der Waals surface area contributed by atoms with Gasteiger partial charge in [-0.2, -0.15) is 0 Å². The first-order valence-corrected chi connectivity index (χ1v) is 7.31. The van der Waals surface area contributed by atoms with Gasteiger partial charge in [-0.05, 0) is 5.92 Å². The van der Waals surface area contributed by atoms with Crippen LogP contribution >= 0.6 is 0 Å². The zero-order chi connectivity index (χ0) is 15.0. The number of rotatable bonds is 9. The Hall–Kier alpha value is -1.20. The second kappa shape index (κ2) is 8.87. The highest BCUT2D eigenvalue weighted by atomic mass is 16.5. The fourth-order valence-corrected chi connectivity index (χ4v) is 1.85. The average molecular weight is 280 g/mol. The topological polar surface area (TPSA) is 50.3 Å². The number of hydrogen-bond donors (Lipinski definition) is 1. The van der Waals surface area contributed by atoms with Crippen molar-refractivity contribution in [2.75, 3.05) is 31.7 Å². The molecule has 0 aliphatic heterocycles. The van der Waals surface area contributed by atoms with Crippen molar-refractivity contribution in [2.24, 2.45) is 5.92 Å². The minimum atomic E-state index is 0.454. The van der Waals surface area contributed by atoms with Gasteiger partial charge in [0.1, 0.15) is 5.82 Å². The molecule has 5 nitrogen and oxygen atoms in total. The maximum absolute atomic E-state index is 5.16. The molecule has 0 atom stereocenters. The smallest absolute Gasteiger partial charge is 0.147 e. The summed E-state index contributed by atoms with van der Waals surface area (Å²) in [6.45, 7) is 11.9. The number of anilines is 1. The number of aromatic nitrogens is 2. The first kappa shape index (κ1) is 16.9. The Morgan fingerprint density at radius 1 is 1.20 bits per heavy atom. The largest absolute Gasteiger partial charge is 0.383 e. The second-order valence-electron chi connectivity index (χ2n) is 5.73. The number of ether oxygens (including phenoxy) is 1. The predicted molar refractivity (Wildman–Crippen MR) is 82.9 cm³/mol. The summed E-state index contributed by atoms with van der Waals surface area (Å²) in [4.78, 5) is 11.2. The normalized spacial score (nSPS) is 11.3. The standard InChI is InChI=1S/C15H28N4O/c1-12(2)11-19(6-7-20-5)15-10-17-14(9-18-15)8-16-13(3)4/h9-10,12-13,16H,6-8,11H2,1-5H3. The SMILES string of the molecule is COCCN(CC(C)C)c1cnc(CNC(C)C)cn1. The molecule has 0 saturated heterocycles. The number of nitrogens with one attached hydrogen (secondary N) is 1. The van der Waals surface area contributed by atoms with E-state index in [1.165, 1.54) is 0 Å². The molecular weight excluding hydrogens is 252 g/mol. The molecule has 0 radical (unpaired) electrons. The molecule has 114 valence electrons. The average Bonchev–Trinajstić information content (AvgIpc) is 2.41. The van der Waals surface area contributed by atoms with Gasteiger partial charge in [0, 0.05) is 32.8 Å². The van der Waals surface area contributed by atoms with Gasteiger partial charge < -0.3 is 15.0 Å². The van der Waals surface area contributed by atoms with E-state index in [4.69, 9.17) is 4.74 Å². The lowest BCUT2D eigenvalue weighted by Gasteiger charge is -2.25. The quantitative estimate of drug-likeness (QED) is 0.750. The number of hydrogen-bond acceptors (Lipinski definition) is 5. The first-order chi connectivity index (χ1) is 9.52. The van der Waals surface area contributed by atoms with E-state index in [9.17, 15) is 0 Å². The zero-order valence-electron chi connectivity index (χ0n) is 13.4. The Bertz CT molecular complexity index is 365. The maximum atomic E-state index is 5.16. The molecule has 20 heavy (non-hydrogen) atoms.